The number of halogens is 3. The molecule has 0 atom stereocenters. The van der Waals surface area contributed by atoms with Crippen molar-refractivity contribution in [1.82, 2.24) is 14.6 Å². The summed E-state index contributed by atoms with van der Waals surface area (Å²) < 4.78 is 42.6. The summed E-state index contributed by atoms with van der Waals surface area (Å²) in [5.74, 6) is 0. The summed E-state index contributed by atoms with van der Waals surface area (Å²) >= 11 is 0. The Kier molecular flexibility index (Phi) is 3.99. The molecule has 0 saturated carbocycles. The van der Waals surface area contributed by atoms with Crippen molar-refractivity contribution in [1.29, 1.82) is 0 Å². The van der Waals surface area contributed by atoms with Crippen molar-refractivity contribution < 1.29 is 13.2 Å². The Hall–Kier alpha value is -3.87. The number of nitrogens with zero attached hydrogens (tertiary/aromatic N) is 2. The van der Waals surface area contributed by atoms with E-state index in [1.165, 1.54) is 6.07 Å². The molecule has 0 bridgehead atoms. The largest absolute Gasteiger partial charge is 0.435 e. The lowest BCUT2D eigenvalue weighted by Crippen LogP contribution is -2.15. The van der Waals surface area contributed by atoms with Crippen molar-refractivity contribution in [2.75, 3.05) is 0 Å². The van der Waals surface area contributed by atoms with E-state index in [4.69, 9.17) is 0 Å². The lowest BCUT2D eigenvalue weighted by Gasteiger charge is -2.10. The molecule has 0 aliphatic rings. The summed E-state index contributed by atoms with van der Waals surface area (Å²) in [7, 11) is 0. The Labute approximate surface area is 168 Å². The second-order valence-corrected chi connectivity index (χ2v) is 6.90. The molecule has 0 spiro atoms. The molecule has 5 aromatic rings. The zero-order chi connectivity index (χ0) is 20.9. The van der Waals surface area contributed by atoms with E-state index >= 15 is 0 Å². The van der Waals surface area contributed by atoms with Gasteiger partial charge in [0.05, 0.1) is 11.3 Å². The summed E-state index contributed by atoms with van der Waals surface area (Å²) in [6, 6.07) is 22.5. The maximum absolute atomic E-state index is 13.9. The summed E-state index contributed by atoms with van der Waals surface area (Å²) in [5.41, 5.74) is -0.411. The molecular formula is C23H14F3N3O. The fourth-order valence-corrected chi connectivity index (χ4v) is 3.71. The van der Waals surface area contributed by atoms with Crippen LogP contribution in [0.1, 0.15) is 5.69 Å². The van der Waals surface area contributed by atoms with E-state index in [1.54, 1.807) is 48.5 Å². The van der Waals surface area contributed by atoms with Gasteiger partial charge < -0.3 is 4.98 Å². The first-order chi connectivity index (χ1) is 14.4. The molecule has 0 saturated heterocycles. The van der Waals surface area contributed by atoms with Crippen LogP contribution >= 0.6 is 0 Å². The summed E-state index contributed by atoms with van der Waals surface area (Å²) in [4.78, 5) is 15.7. The molecule has 5 rings (SSSR count). The first kappa shape index (κ1) is 18.2. The van der Waals surface area contributed by atoms with Crippen LogP contribution in [0.2, 0.25) is 0 Å². The highest BCUT2D eigenvalue weighted by molar-refractivity contribution is 6.00. The summed E-state index contributed by atoms with van der Waals surface area (Å²) in [5, 5.41) is 5.09. The van der Waals surface area contributed by atoms with Crippen LogP contribution in [-0.2, 0) is 6.18 Å². The second-order valence-electron chi connectivity index (χ2n) is 6.90. The van der Waals surface area contributed by atoms with Gasteiger partial charge in [-0.3, -0.25) is 4.79 Å². The Bertz CT molecular complexity index is 1440. The number of alkyl halides is 3. The van der Waals surface area contributed by atoms with Gasteiger partial charge in [0.1, 0.15) is 5.65 Å². The SMILES string of the molecule is O=c1cc(-c2ccccc2)[nH]c2c(-c3cccc4ccccc34)c(C(F)(F)F)nn12. The molecule has 7 heteroatoms. The van der Waals surface area contributed by atoms with E-state index in [0.717, 1.165) is 9.90 Å². The molecule has 2 aromatic heterocycles. The molecule has 2 heterocycles. The van der Waals surface area contributed by atoms with Gasteiger partial charge in [0, 0.05) is 6.07 Å². The monoisotopic (exact) mass is 405 g/mol. The minimum absolute atomic E-state index is 0.00466. The van der Waals surface area contributed by atoms with Crippen LogP contribution in [0.25, 0.3) is 38.8 Å². The van der Waals surface area contributed by atoms with Crippen molar-refractivity contribution in [2.45, 2.75) is 6.18 Å². The van der Waals surface area contributed by atoms with Gasteiger partial charge in [0.25, 0.3) is 5.56 Å². The number of hydrogen-bond acceptors (Lipinski definition) is 2. The zero-order valence-electron chi connectivity index (χ0n) is 15.4. The van der Waals surface area contributed by atoms with Gasteiger partial charge in [-0.1, -0.05) is 72.8 Å². The number of H-pyrrole nitrogens is 1. The Morgan fingerprint density at radius 1 is 0.867 bits per heavy atom. The van der Waals surface area contributed by atoms with E-state index in [-0.39, 0.29) is 11.2 Å². The van der Waals surface area contributed by atoms with Crippen LogP contribution in [0.3, 0.4) is 0 Å². The molecule has 0 amide bonds. The van der Waals surface area contributed by atoms with E-state index in [1.807, 2.05) is 24.3 Å². The van der Waals surface area contributed by atoms with Crippen LogP contribution in [0, 0.1) is 0 Å². The van der Waals surface area contributed by atoms with E-state index in [9.17, 15) is 18.0 Å². The highest BCUT2D eigenvalue weighted by Gasteiger charge is 2.39. The average Bonchev–Trinajstić information content (AvgIpc) is 3.14. The normalized spacial score (nSPS) is 12.0. The van der Waals surface area contributed by atoms with Gasteiger partial charge in [-0.15, -0.1) is 0 Å². The van der Waals surface area contributed by atoms with Crippen molar-refractivity contribution in [3.63, 3.8) is 0 Å². The Balaban J connectivity index is 1.92. The smallest absolute Gasteiger partial charge is 0.339 e. The summed E-state index contributed by atoms with van der Waals surface area (Å²) in [6.45, 7) is 0. The van der Waals surface area contributed by atoms with Gasteiger partial charge in [0.15, 0.2) is 5.69 Å². The molecule has 30 heavy (non-hydrogen) atoms. The van der Waals surface area contributed by atoms with Gasteiger partial charge in [-0.25, -0.2) is 0 Å². The van der Waals surface area contributed by atoms with E-state index in [2.05, 4.69) is 10.1 Å². The number of aromatic nitrogens is 3. The van der Waals surface area contributed by atoms with Gasteiger partial charge in [0.2, 0.25) is 0 Å². The summed E-state index contributed by atoms with van der Waals surface area (Å²) in [6.07, 6.45) is -4.73. The Morgan fingerprint density at radius 3 is 2.33 bits per heavy atom. The van der Waals surface area contributed by atoms with Crippen LogP contribution < -0.4 is 5.56 Å². The molecule has 3 aromatic carbocycles. The average molecular weight is 405 g/mol. The highest BCUT2D eigenvalue weighted by atomic mass is 19.4. The minimum Gasteiger partial charge on any atom is -0.339 e. The third kappa shape index (κ3) is 2.86. The topological polar surface area (TPSA) is 50.2 Å². The quantitative estimate of drug-likeness (QED) is 0.420. The van der Waals surface area contributed by atoms with Crippen molar-refractivity contribution in [2.24, 2.45) is 0 Å². The third-order valence-corrected chi connectivity index (χ3v) is 5.03. The maximum Gasteiger partial charge on any atom is 0.435 e. The van der Waals surface area contributed by atoms with Crippen LogP contribution in [-0.4, -0.2) is 14.6 Å². The number of hydrogen-bond donors (Lipinski definition) is 1. The van der Waals surface area contributed by atoms with Gasteiger partial charge in [-0.05, 0) is 21.9 Å². The molecule has 0 fully saturated rings. The number of fused-ring (bicyclic) bond motifs is 2. The number of rotatable bonds is 2. The molecule has 0 aliphatic heterocycles. The minimum atomic E-state index is -4.73. The fourth-order valence-electron chi connectivity index (χ4n) is 3.71. The number of benzene rings is 3. The fraction of sp³-hybridized carbons (Fsp3) is 0.0435. The van der Waals surface area contributed by atoms with Crippen molar-refractivity contribution in [3.8, 4) is 22.4 Å². The third-order valence-electron chi connectivity index (χ3n) is 5.03. The second kappa shape index (κ2) is 6.59. The molecule has 0 unspecified atom stereocenters. The van der Waals surface area contributed by atoms with Gasteiger partial charge >= 0.3 is 6.18 Å². The van der Waals surface area contributed by atoms with Gasteiger partial charge in [-0.2, -0.15) is 22.8 Å². The lowest BCUT2D eigenvalue weighted by molar-refractivity contribution is -0.140. The molecule has 1 N–H and O–H groups in total. The molecule has 0 aliphatic carbocycles. The number of nitrogens with one attached hydrogen (secondary N) is 1. The van der Waals surface area contributed by atoms with Crippen molar-refractivity contribution in [3.05, 3.63) is 94.9 Å². The molecule has 4 nitrogen and oxygen atoms in total. The molecule has 0 radical (unpaired) electrons. The predicted molar refractivity (Wildman–Crippen MR) is 109 cm³/mol. The van der Waals surface area contributed by atoms with E-state index < -0.39 is 17.4 Å². The van der Waals surface area contributed by atoms with Crippen LogP contribution in [0.15, 0.2) is 83.7 Å². The van der Waals surface area contributed by atoms with Crippen LogP contribution in [0.4, 0.5) is 13.2 Å². The lowest BCUT2D eigenvalue weighted by atomic mass is 9.98. The first-order valence-electron chi connectivity index (χ1n) is 9.20. The molecular weight excluding hydrogens is 391 g/mol. The zero-order valence-corrected chi connectivity index (χ0v) is 15.4. The first-order valence-corrected chi connectivity index (χ1v) is 9.20. The maximum atomic E-state index is 13.9. The Morgan fingerprint density at radius 2 is 1.57 bits per heavy atom. The molecule has 148 valence electrons. The van der Waals surface area contributed by atoms with Crippen molar-refractivity contribution >= 4 is 16.4 Å². The van der Waals surface area contributed by atoms with Crippen LogP contribution in [0.5, 0.6) is 0 Å². The standard InChI is InChI=1S/C23H14F3N3O/c24-23(25,26)21-20(17-12-6-10-14-7-4-5-11-16(14)17)22-27-18(13-19(30)29(22)28-21)15-8-2-1-3-9-15/h1-13,27H. The van der Waals surface area contributed by atoms with E-state index in [0.29, 0.717) is 22.2 Å². The highest BCUT2D eigenvalue weighted by Crippen LogP contribution is 2.40. The predicted octanol–water partition coefficient (Wildman–Crippen LogP) is 5.53. The number of aromatic amines is 1.